The van der Waals surface area contributed by atoms with Crippen LogP contribution in [0, 0.1) is 13.8 Å². The van der Waals surface area contributed by atoms with Gasteiger partial charge >= 0.3 is 0 Å². The molecule has 2 unspecified atom stereocenters. The van der Waals surface area contributed by atoms with E-state index in [-0.39, 0.29) is 17.7 Å². The van der Waals surface area contributed by atoms with Crippen LogP contribution in [0.2, 0.25) is 0 Å². The number of rotatable bonds is 7. The maximum absolute atomic E-state index is 14.4. The van der Waals surface area contributed by atoms with E-state index in [1.165, 1.54) is 0 Å². The summed E-state index contributed by atoms with van der Waals surface area (Å²) in [5, 5.41) is 4.07. The number of likely N-dealkylation sites (N-methyl/N-ethyl adjacent to an activating group) is 1. The number of piperidine rings is 1. The Balaban J connectivity index is 1.29. The maximum atomic E-state index is 14.4. The lowest BCUT2D eigenvalue weighted by Crippen LogP contribution is -2.48. The molecule has 2 atom stereocenters. The number of imidazole rings is 1. The van der Waals surface area contributed by atoms with Crippen LogP contribution in [0.3, 0.4) is 0 Å². The first-order chi connectivity index (χ1) is 22.8. The number of para-hydroxylation sites is 1. The van der Waals surface area contributed by atoms with Crippen molar-refractivity contribution in [1.82, 2.24) is 29.0 Å². The zero-order chi connectivity index (χ0) is 32.7. The molecule has 9 heteroatoms. The summed E-state index contributed by atoms with van der Waals surface area (Å²) < 4.78 is 4.38. The van der Waals surface area contributed by atoms with E-state index in [1.807, 2.05) is 66.4 Å². The van der Waals surface area contributed by atoms with Crippen molar-refractivity contribution in [2.45, 2.75) is 45.7 Å². The highest BCUT2D eigenvalue weighted by atomic mass is 16.7. The first kappa shape index (κ1) is 30.9. The minimum absolute atomic E-state index is 0.0246. The van der Waals surface area contributed by atoms with Crippen LogP contribution in [0.4, 0.5) is 0 Å². The third kappa shape index (κ3) is 5.85. The van der Waals surface area contributed by atoms with Crippen molar-refractivity contribution in [3.05, 3.63) is 102 Å². The number of hydrogen-bond donors (Lipinski definition) is 0. The highest BCUT2D eigenvalue weighted by molar-refractivity contribution is 6.07. The number of Topliss-reactive ketones (excluding diaryl/α,β-unsaturated/α-hetero) is 1. The number of carbonyl (C=O) groups excluding carboxylic acids is 2. The average molecular weight is 631 g/mol. The van der Waals surface area contributed by atoms with Crippen LogP contribution in [0.15, 0.2) is 85.2 Å². The fourth-order valence-corrected chi connectivity index (χ4v) is 7.27. The van der Waals surface area contributed by atoms with Crippen molar-refractivity contribution >= 4 is 22.5 Å². The minimum Gasteiger partial charge on any atom is -0.405 e. The van der Waals surface area contributed by atoms with E-state index in [9.17, 15) is 9.59 Å². The van der Waals surface area contributed by atoms with Crippen LogP contribution < -0.4 is 4.84 Å². The number of ketones is 1. The molecule has 242 valence electrons. The van der Waals surface area contributed by atoms with E-state index in [0.29, 0.717) is 26.1 Å². The van der Waals surface area contributed by atoms with Gasteiger partial charge in [0.2, 0.25) is 0 Å². The van der Waals surface area contributed by atoms with Crippen molar-refractivity contribution in [3.63, 3.8) is 0 Å². The summed E-state index contributed by atoms with van der Waals surface area (Å²) in [7, 11) is 2.10. The summed E-state index contributed by atoms with van der Waals surface area (Å²) in [6, 6.07) is 23.9. The number of hydrogen-bond acceptors (Lipinski definition) is 6. The predicted molar refractivity (Wildman–Crippen MR) is 184 cm³/mol. The van der Waals surface area contributed by atoms with E-state index in [4.69, 9.17) is 9.82 Å². The van der Waals surface area contributed by atoms with Gasteiger partial charge in [0.05, 0.1) is 11.8 Å². The molecule has 0 spiro atoms. The van der Waals surface area contributed by atoms with Crippen LogP contribution in [-0.2, 0) is 4.79 Å². The van der Waals surface area contributed by atoms with Crippen molar-refractivity contribution < 1.29 is 14.4 Å². The van der Waals surface area contributed by atoms with Gasteiger partial charge in [-0.05, 0) is 69.1 Å². The first-order valence-electron chi connectivity index (χ1n) is 16.5. The second kappa shape index (κ2) is 12.8. The molecule has 3 aromatic carbocycles. The standard InChI is InChI=1S/C38H42N6O3/c1-26-37(38(46)41-21-19-40(4)20-22-41)34(33-16-10-12-29-11-8-9-15-32(29)33)25-42(26)36-24-39-28(3)44(36)30-17-18-43(35(23-30)27(2)45)47-31-13-6-5-7-14-31/h5-16,24-25,30,35H,17-23H2,1-4H3. The number of aryl methyl sites for hydroxylation is 1. The maximum Gasteiger partial charge on any atom is 0.256 e. The number of amides is 1. The van der Waals surface area contributed by atoms with Gasteiger partial charge in [-0.3, -0.25) is 9.59 Å². The molecule has 2 saturated heterocycles. The van der Waals surface area contributed by atoms with Gasteiger partial charge in [0.1, 0.15) is 29.2 Å². The van der Waals surface area contributed by atoms with Crippen molar-refractivity contribution in [3.8, 4) is 22.7 Å². The third-order valence-corrected chi connectivity index (χ3v) is 9.87. The zero-order valence-corrected chi connectivity index (χ0v) is 27.6. The molecule has 0 radical (unpaired) electrons. The molecule has 1 amide bonds. The molecule has 9 nitrogen and oxygen atoms in total. The Morgan fingerprint density at radius 2 is 1.57 bits per heavy atom. The highest BCUT2D eigenvalue weighted by Crippen LogP contribution is 2.38. The fourth-order valence-electron chi connectivity index (χ4n) is 7.27. The summed E-state index contributed by atoms with van der Waals surface area (Å²) in [6.45, 7) is 9.39. The Kier molecular flexibility index (Phi) is 8.42. The topological polar surface area (TPSA) is 75.8 Å². The summed E-state index contributed by atoms with van der Waals surface area (Å²) in [6.07, 6.45) is 5.39. The van der Waals surface area contributed by atoms with E-state index < -0.39 is 6.04 Å². The molecule has 2 aliphatic rings. The molecule has 47 heavy (non-hydrogen) atoms. The van der Waals surface area contributed by atoms with Crippen molar-refractivity contribution in [2.75, 3.05) is 39.8 Å². The molecule has 7 rings (SSSR count). The third-order valence-electron chi connectivity index (χ3n) is 9.87. The molecule has 5 aromatic rings. The smallest absolute Gasteiger partial charge is 0.256 e. The number of carbonyl (C=O) groups is 2. The molecule has 2 aromatic heterocycles. The van der Waals surface area contributed by atoms with E-state index >= 15 is 0 Å². The number of aromatic nitrogens is 3. The SMILES string of the molecule is CC(=O)C1CC(n2c(-n3cc(-c4cccc5ccccc45)c(C(=O)N4CCN(C)CC4)c3C)cnc2C)CCN1Oc1ccccc1. The van der Waals surface area contributed by atoms with E-state index in [1.54, 1.807) is 6.92 Å². The Bertz CT molecular complexity index is 1920. The average Bonchev–Trinajstić information content (AvgIpc) is 3.63. The lowest BCUT2D eigenvalue weighted by atomic mass is 9.96. The number of hydroxylamine groups is 2. The monoisotopic (exact) mass is 630 g/mol. The number of fused-ring (bicyclic) bond motifs is 1. The van der Waals surface area contributed by atoms with Gasteiger partial charge in [-0.25, -0.2) is 4.98 Å². The van der Waals surface area contributed by atoms with Gasteiger partial charge < -0.3 is 23.8 Å². The minimum atomic E-state index is -0.394. The van der Waals surface area contributed by atoms with Crippen molar-refractivity contribution in [2.24, 2.45) is 0 Å². The lowest BCUT2D eigenvalue weighted by molar-refractivity contribution is -0.150. The molecule has 0 N–H and O–H groups in total. The molecule has 4 heterocycles. The normalized spacial score (nSPS) is 19.3. The van der Waals surface area contributed by atoms with Gasteiger partial charge in [-0.2, -0.15) is 0 Å². The molecular formula is C38H42N6O3. The second-order valence-corrected chi connectivity index (χ2v) is 12.9. The predicted octanol–water partition coefficient (Wildman–Crippen LogP) is 6.09. The van der Waals surface area contributed by atoms with Gasteiger partial charge in [-0.1, -0.05) is 60.7 Å². The summed E-state index contributed by atoms with van der Waals surface area (Å²) in [5.41, 5.74) is 3.56. The lowest BCUT2D eigenvalue weighted by Gasteiger charge is -2.38. The second-order valence-electron chi connectivity index (χ2n) is 12.9. The van der Waals surface area contributed by atoms with Crippen LogP contribution >= 0.6 is 0 Å². The fraction of sp³-hybridized carbons (Fsp3) is 0.342. The Morgan fingerprint density at radius 3 is 2.34 bits per heavy atom. The van der Waals surface area contributed by atoms with Gasteiger partial charge in [0, 0.05) is 56.2 Å². The summed E-state index contributed by atoms with van der Waals surface area (Å²) in [4.78, 5) is 42.6. The van der Waals surface area contributed by atoms with E-state index in [0.717, 1.165) is 70.1 Å². The largest absolute Gasteiger partial charge is 0.405 e. The molecule has 2 aliphatic heterocycles. The number of nitrogens with zero attached hydrogens (tertiary/aromatic N) is 6. The summed E-state index contributed by atoms with van der Waals surface area (Å²) in [5.74, 6) is 2.61. The molecule has 2 fully saturated rings. The number of piperazine rings is 1. The van der Waals surface area contributed by atoms with Gasteiger partial charge in [0.15, 0.2) is 0 Å². The zero-order valence-electron chi connectivity index (χ0n) is 27.6. The summed E-state index contributed by atoms with van der Waals surface area (Å²) >= 11 is 0. The van der Waals surface area contributed by atoms with Gasteiger partial charge in [-0.15, -0.1) is 5.06 Å². The molecule has 0 saturated carbocycles. The van der Waals surface area contributed by atoms with Crippen LogP contribution in [0.1, 0.15) is 47.7 Å². The van der Waals surface area contributed by atoms with Crippen LogP contribution in [0.25, 0.3) is 27.7 Å². The highest BCUT2D eigenvalue weighted by Gasteiger charge is 2.36. The Labute approximate surface area is 275 Å². The van der Waals surface area contributed by atoms with Crippen molar-refractivity contribution in [1.29, 1.82) is 0 Å². The number of benzene rings is 3. The quantitative estimate of drug-likeness (QED) is 0.217. The Hall–Kier alpha value is -4.73. The van der Waals surface area contributed by atoms with Crippen LogP contribution in [-0.4, -0.2) is 86.5 Å². The Morgan fingerprint density at radius 1 is 0.851 bits per heavy atom. The molecular weight excluding hydrogens is 588 g/mol. The first-order valence-corrected chi connectivity index (χ1v) is 16.5. The molecule has 0 bridgehead atoms. The molecule has 0 aliphatic carbocycles. The van der Waals surface area contributed by atoms with E-state index in [2.05, 4.69) is 63.7 Å². The van der Waals surface area contributed by atoms with Gasteiger partial charge in [0.25, 0.3) is 5.91 Å². The van der Waals surface area contributed by atoms with Crippen LogP contribution in [0.5, 0.6) is 5.75 Å².